The molecule has 70 heavy (non-hydrogen) atoms. The molecule has 0 aliphatic rings. The molecule has 0 saturated heterocycles. The predicted octanol–water partition coefficient (Wildman–Crippen LogP) is 17.2. The topological polar surface area (TPSA) is 105 Å². The Hall–Kier alpha value is -1.30. The number of fused-ring (bicyclic) bond motifs is 2. The van der Waals surface area contributed by atoms with Crippen molar-refractivity contribution < 1.29 is 38.1 Å². The van der Waals surface area contributed by atoms with Gasteiger partial charge in [0.05, 0.1) is 63.7 Å². The Morgan fingerprint density at radius 1 is 0.457 bits per heavy atom. The molecule has 0 bridgehead atoms. The molecule has 6 aromatic heterocycles. The van der Waals surface area contributed by atoms with Gasteiger partial charge in [0.15, 0.2) is 0 Å². The van der Waals surface area contributed by atoms with Crippen LogP contribution >= 0.6 is 103 Å². The Bertz CT molecular complexity index is 2620. The van der Waals surface area contributed by atoms with Gasteiger partial charge >= 0.3 is 173 Å². The molecule has 6 rings (SSSR count). The van der Waals surface area contributed by atoms with Crippen LogP contribution in [0.15, 0.2) is 24.3 Å². The van der Waals surface area contributed by atoms with Crippen molar-refractivity contribution in [2.75, 3.05) is 26.4 Å². The van der Waals surface area contributed by atoms with Crippen LogP contribution in [0.2, 0.25) is 65.6 Å². The van der Waals surface area contributed by atoms with Gasteiger partial charge in [-0.3, -0.25) is 0 Å². The van der Waals surface area contributed by atoms with E-state index < -0.39 is 52.4 Å². The van der Waals surface area contributed by atoms with Crippen molar-refractivity contribution >= 4 is 192 Å². The number of thiophene rings is 6. The van der Waals surface area contributed by atoms with E-state index in [0.29, 0.717) is 34.3 Å². The smallest absolute Gasteiger partial charge is 0.342 e. The number of carbonyl (C=O) groups is 4. The molecule has 0 unspecified atom stereocenters. The first-order valence-electron chi connectivity index (χ1n) is 24.1. The third-order valence-electron chi connectivity index (χ3n) is 11.3. The van der Waals surface area contributed by atoms with Gasteiger partial charge < -0.3 is 18.9 Å². The van der Waals surface area contributed by atoms with Crippen LogP contribution < -0.4 is 11.9 Å². The molecule has 6 heterocycles. The third kappa shape index (κ3) is 15.2. The minimum absolute atomic E-state index is 0.246. The molecule has 0 aromatic carbocycles. The van der Waals surface area contributed by atoms with Crippen molar-refractivity contribution in [3.8, 4) is 9.75 Å². The molecule has 0 aliphatic carbocycles. The van der Waals surface area contributed by atoms with Crippen LogP contribution in [0.4, 0.5) is 0 Å². The molecule has 0 spiro atoms. The van der Waals surface area contributed by atoms with Gasteiger partial charge in [0.25, 0.3) is 0 Å². The van der Waals surface area contributed by atoms with E-state index in [9.17, 15) is 19.2 Å². The van der Waals surface area contributed by atoms with Gasteiger partial charge in [0.1, 0.15) is 29.7 Å². The standard InChI is InChI=1S/C19H21ClO4S3Si.C12H10Cl2O4S2.C7H11SSi.3C4H9.Sn/c1-6-23-18(21)12-14(10-8-9-11(25-10)28(3,4)5)26-16-13(19(22)24-7-2)17(20)27-15(12)16;1-3-17-11(15)5-7-8(20-9(5)13)6(10(14)19-7)12(16)18-4-2;1-9(2,3)7-5-4-6-8-7;3*1-3-4-2;/h8-9H,6-7H2,1-5H3;3-4H2,1-2H3;4-5H,1-3H3;3*1,3-4H2,2H3;. The predicted molar refractivity (Wildman–Crippen MR) is 316 cm³/mol. The van der Waals surface area contributed by atoms with Crippen molar-refractivity contribution in [2.24, 2.45) is 0 Å². The van der Waals surface area contributed by atoms with Crippen LogP contribution in [0.3, 0.4) is 0 Å². The first-order valence-corrected chi connectivity index (χ1v) is 44.7. The zero-order valence-electron chi connectivity index (χ0n) is 42.9. The molecule has 0 amide bonds. The van der Waals surface area contributed by atoms with Crippen LogP contribution in [0, 0.1) is 0 Å². The first kappa shape index (κ1) is 61.3. The fraction of sp³-hybridized carbons (Fsp3) is 0.520. The van der Waals surface area contributed by atoms with Crippen LogP contribution in [0.5, 0.6) is 0 Å². The van der Waals surface area contributed by atoms with Crippen molar-refractivity contribution in [1.29, 1.82) is 0 Å². The van der Waals surface area contributed by atoms with Gasteiger partial charge in [0.2, 0.25) is 0 Å². The van der Waals surface area contributed by atoms with Gasteiger partial charge in [-0.25, -0.2) is 19.2 Å². The molecule has 8 nitrogen and oxygen atoms in total. The minimum Gasteiger partial charge on any atom is -0.462 e. The summed E-state index contributed by atoms with van der Waals surface area (Å²) in [5.41, 5.74) is 1.35. The fourth-order valence-electron chi connectivity index (χ4n) is 7.66. The maximum absolute atomic E-state index is 12.8. The van der Waals surface area contributed by atoms with E-state index in [-0.39, 0.29) is 52.2 Å². The van der Waals surface area contributed by atoms with Gasteiger partial charge in [-0.15, -0.1) is 56.7 Å². The Morgan fingerprint density at radius 2 is 0.786 bits per heavy atom. The number of rotatable bonds is 21. The Morgan fingerprint density at radius 3 is 1.11 bits per heavy atom. The van der Waals surface area contributed by atoms with Crippen molar-refractivity contribution in [2.45, 2.75) is 140 Å². The Labute approximate surface area is 460 Å². The van der Waals surface area contributed by atoms with Crippen LogP contribution in [0.25, 0.3) is 28.6 Å². The molecular weight excluding hydrogens is 1200 g/mol. The molecule has 0 N–H and O–H groups in total. The largest absolute Gasteiger partial charge is 0.462 e. The van der Waals surface area contributed by atoms with E-state index in [1.165, 1.54) is 65.7 Å². The van der Waals surface area contributed by atoms with Gasteiger partial charge in [0, 0.05) is 4.88 Å². The van der Waals surface area contributed by atoms with Crippen molar-refractivity contribution in [3.05, 3.63) is 59.5 Å². The quantitative estimate of drug-likeness (QED) is 0.0399. The second kappa shape index (κ2) is 28.0. The van der Waals surface area contributed by atoms with E-state index in [2.05, 4.69) is 95.7 Å². The van der Waals surface area contributed by atoms with Crippen LogP contribution in [-0.4, -0.2) is 84.8 Å². The summed E-state index contributed by atoms with van der Waals surface area (Å²) in [7, 11) is -2.60. The Balaban J connectivity index is 0.000000233. The summed E-state index contributed by atoms with van der Waals surface area (Å²) >= 11 is 25.2. The maximum Gasteiger partial charge on any atom is 0.342 e. The van der Waals surface area contributed by atoms with E-state index in [4.69, 9.17) is 53.8 Å². The van der Waals surface area contributed by atoms with Gasteiger partial charge in [-0.1, -0.05) is 60.5 Å². The third-order valence-corrected chi connectivity index (χ3v) is 44.8. The van der Waals surface area contributed by atoms with Crippen LogP contribution in [0.1, 0.15) is 128 Å². The summed E-state index contributed by atoms with van der Waals surface area (Å²) in [4.78, 5) is 50.9. The average molecular weight is 1270 g/mol. The molecule has 0 fully saturated rings. The number of carbonyl (C=O) groups excluding carboxylic acids is 4. The summed E-state index contributed by atoms with van der Waals surface area (Å²) in [6, 6.07) is 9.31. The van der Waals surface area contributed by atoms with Crippen molar-refractivity contribution in [3.63, 3.8) is 0 Å². The number of hydrogen-bond acceptors (Lipinski definition) is 14. The number of halogens is 3. The minimum atomic E-state index is -2.14. The number of unbranched alkanes of at least 4 members (excludes halogenated alkanes) is 3. The van der Waals surface area contributed by atoms with E-state index >= 15 is 0 Å². The van der Waals surface area contributed by atoms with E-state index in [1.807, 2.05) is 2.89 Å². The first-order chi connectivity index (χ1) is 33.1. The maximum atomic E-state index is 12.8. The zero-order valence-corrected chi connectivity index (χ0v) is 54.9. The molecular formula is C50H69Cl3O8S6Si2Sn. The number of esters is 4. The van der Waals surface area contributed by atoms with E-state index in [0.717, 1.165) is 32.4 Å². The second-order valence-electron chi connectivity index (χ2n) is 18.7. The summed E-state index contributed by atoms with van der Waals surface area (Å²) in [5, 5.41) is 0. The zero-order chi connectivity index (χ0) is 52.1. The summed E-state index contributed by atoms with van der Waals surface area (Å²) in [6.45, 7) is 29.5. The van der Waals surface area contributed by atoms with E-state index in [1.54, 1.807) is 56.8 Å². The molecule has 0 atom stereocenters. The van der Waals surface area contributed by atoms with Crippen LogP contribution in [-0.2, 0) is 18.9 Å². The second-order valence-corrected chi connectivity index (χ2v) is 51.7. The average Bonchev–Trinajstić information content (AvgIpc) is 4.15. The summed E-state index contributed by atoms with van der Waals surface area (Å²) < 4.78 is 33.7. The summed E-state index contributed by atoms with van der Waals surface area (Å²) in [5.74, 6) is -1.88. The fourth-order valence-corrected chi connectivity index (χ4v) is 39.8. The SMILES string of the molecule is CCC[CH2][Sn]([CH2]CCC)([CH2]CCC)[c]1ccc([Si](C)(C)C)s1.CCOC(=O)c1c(Cl)sc2c(C(=O)OCC)c(-c3ccc([Si](C)(C)C)s3)sc12.CCOC(=O)c1c(Cl)sc2c(C(=O)OCC)c(Cl)sc12. The van der Waals surface area contributed by atoms with Gasteiger partial charge in [-0.2, -0.15) is 0 Å². The van der Waals surface area contributed by atoms with Gasteiger partial charge in [-0.05, 0) is 38.3 Å². The van der Waals surface area contributed by atoms with Crippen molar-refractivity contribution in [1.82, 2.24) is 0 Å². The number of hydrogen-bond donors (Lipinski definition) is 0. The molecule has 20 heteroatoms. The molecule has 0 aliphatic heterocycles. The Kier molecular flexibility index (Phi) is 24.5. The molecule has 0 saturated carbocycles. The monoisotopic (exact) mass is 1270 g/mol. The molecule has 386 valence electrons. The molecule has 0 radical (unpaired) electrons. The molecule has 6 aromatic rings. The number of ether oxygens (including phenoxy) is 4. The summed E-state index contributed by atoms with van der Waals surface area (Å²) in [6.07, 6.45) is 8.56. The normalized spacial score (nSPS) is 11.8.